The first-order valence-corrected chi connectivity index (χ1v) is 4.48. The lowest BCUT2D eigenvalue weighted by Crippen LogP contribution is -2.09. The van der Waals surface area contributed by atoms with Gasteiger partial charge in [0.15, 0.2) is 0 Å². The Morgan fingerprint density at radius 2 is 2.08 bits per heavy atom. The normalized spacial score (nSPS) is 13.0. The highest BCUT2D eigenvalue weighted by Gasteiger charge is 2.03. The van der Waals surface area contributed by atoms with E-state index in [-0.39, 0.29) is 12.1 Å². The molecule has 0 saturated carbocycles. The molecule has 0 aromatic carbocycles. The van der Waals surface area contributed by atoms with Gasteiger partial charge in [-0.3, -0.25) is 0 Å². The van der Waals surface area contributed by atoms with Gasteiger partial charge in [-0.1, -0.05) is 0 Å². The second-order valence-electron chi connectivity index (χ2n) is 3.38. The van der Waals surface area contributed by atoms with E-state index in [0.717, 1.165) is 5.56 Å². The highest BCUT2D eigenvalue weighted by Crippen LogP contribution is 2.15. The Labute approximate surface area is 78.9 Å². The van der Waals surface area contributed by atoms with Crippen LogP contribution in [-0.2, 0) is 0 Å². The Morgan fingerprint density at radius 1 is 1.38 bits per heavy atom. The summed E-state index contributed by atoms with van der Waals surface area (Å²) in [7, 11) is 0. The van der Waals surface area contributed by atoms with Gasteiger partial charge in [-0.2, -0.15) is 0 Å². The van der Waals surface area contributed by atoms with E-state index in [0.29, 0.717) is 5.88 Å². The smallest absolute Gasteiger partial charge is 0.213 e. The van der Waals surface area contributed by atoms with E-state index < -0.39 is 0 Å². The monoisotopic (exact) mass is 180 g/mol. The van der Waals surface area contributed by atoms with Crippen molar-refractivity contribution in [1.29, 1.82) is 0 Å². The number of nitrogens with two attached hydrogens (primary N) is 1. The lowest BCUT2D eigenvalue weighted by Gasteiger charge is -2.10. The molecule has 0 aliphatic heterocycles. The molecular weight excluding hydrogens is 164 g/mol. The summed E-state index contributed by atoms with van der Waals surface area (Å²) in [5, 5.41) is 0. The molecule has 0 fully saturated rings. The Balaban J connectivity index is 2.79. The average molecular weight is 180 g/mol. The molecule has 3 heteroatoms. The third kappa shape index (κ3) is 3.03. The number of pyridine rings is 1. The third-order valence-electron chi connectivity index (χ3n) is 1.64. The molecule has 0 radical (unpaired) electrons. The molecule has 3 nitrogen and oxygen atoms in total. The zero-order valence-electron chi connectivity index (χ0n) is 8.32. The van der Waals surface area contributed by atoms with Gasteiger partial charge in [0.05, 0.1) is 6.10 Å². The fourth-order valence-electron chi connectivity index (χ4n) is 1.01. The zero-order chi connectivity index (χ0) is 9.84. The molecule has 13 heavy (non-hydrogen) atoms. The van der Waals surface area contributed by atoms with Gasteiger partial charge >= 0.3 is 0 Å². The van der Waals surface area contributed by atoms with Gasteiger partial charge in [-0.05, 0) is 32.4 Å². The van der Waals surface area contributed by atoms with Crippen molar-refractivity contribution in [2.24, 2.45) is 5.73 Å². The highest BCUT2D eigenvalue weighted by molar-refractivity contribution is 5.22. The highest BCUT2D eigenvalue weighted by atomic mass is 16.5. The van der Waals surface area contributed by atoms with Gasteiger partial charge in [-0.15, -0.1) is 0 Å². The van der Waals surface area contributed by atoms with Crippen molar-refractivity contribution in [1.82, 2.24) is 4.98 Å². The van der Waals surface area contributed by atoms with E-state index in [1.165, 1.54) is 0 Å². The van der Waals surface area contributed by atoms with E-state index in [2.05, 4.69) is 4.98 Å². The molecule has 0 bridgehead atoms. The summed E-state index contributed by atoms with van der Waals surface area (Å²) < 4.78 is 5.44. The summed E-state index contributed by atoms with van der Waals surface area (Å²) >= 11 is 0. The van der Waals surface area contributed by atoms with Gasteiger partial charge in [0.25, 0.3) is 0 Å². The van der Waals surface area contributed by atoms with E-state index in [1.807, 2.05) is 32.9 Å². The first-order valence-electron chi connectivity index (χ1n) is 4.48. The minimum Gasteiger partial charge on any atom is -0.475 e. The van der Waals surface area contributed by atoms with Gasteiger partial charge in [-0.25, -0.2) is 4.98 Å². The molecule has 1 aromatic rings. The summed E-state index contributed by atoms with van der Waals surface area (Å²) in [6.45, 7) is 5.88. The van der Waals surface area contributed by atoms with Crippen molar-refractivity contribution in [3.63, 3.8) is 0 Å². The zero-order valence-corrected chi connectivity index (χ0v) is 8.32. The van der Waals surface area contributed by atoms with Crippen molar-refractivity contribution in [3.8, 4) is 5.88 Å². The lowest BCUT2D eigenvalue weighted by molar-refractivity contribution is 0.232. The predicted molar refractivity (Wildman–Crippen MR) is 52.6 cm³/mol. The van der Waals surface area contributed by atoms with Crippen LogP contribution in [0.5, 0.6) is 5.88 Å². The van der Waals surface area contributed by atoms with Crippen molar-refractivity contribution < 1.29 is 4.74 Å². The summed E-state index contributed by atoms with van der Waals surface area (Å²) in [5.74, 6) is 0.643. The Hall–Kier alpha value is -1.09. The summed E-state index contributed by atoms with van der Waals surface area (Å²) in [5.41, 5.74) is 6.78. The summed E-state index contributed by atoms with van der Waals surface area (Å²) in [4.78, 5) is 4.08. The maximum absolute atomic E-state index is 5.73. The summed E-state index contributed by atoms with van der Waals surface area (Å²) in [6.07, 6.45) is 1.87. The minimum absolute atomic E-state index is 0.0255. The number of nitrogens with zero attached hydrogens (tertiary/aromatic N) is 1. The van der Waals surface area contributed by atoms with Gasteiger partial charge < -0.3 is 10.5 Å². The molecule has 0 aliphatic rings. The largest absolute Gasteiger partial charge is 0.475 e. The fourth-order valence-corrected chi connectivity index (χ4v) is 1.01. The molecule has 0 saturated heterocycles. The molecule has 0 aliphatic carbocycles. The van der Waals surface area contributed by atoms with E-state index in [4.69, 9.17) is 10.5 Å². The molecular formula is C10H16N2O. The van der Waals surface area contributed by atoms with Crippen LogP contribution in [0.4, 0.5) is 0 Å². The van der Waals surface area contributed by atoms with Gasteiger partial charge in [0.2, 0.25) is 5.88 Å². The minimum atomic E-state index is 0.0255. The van der Waals surface area contributed by atoms with Crippen LogP contribution in [0.1, 0.15) is 32.4 Å². The molecule has 1 rings (SSSR count). The molecule has 0 spiro atoms. The average Bonchev–Trinajstić information content (AvgIpc) is 2.03. The van der Waals surface area contributed by atoms with Crippen LogP contribution in [0.15, 0.2) is 18.3 Å². The maximum Gasteiger partial charge on any atom is 0.213 e. The Kier molecular flexibility index (Phi) is 3.25. The fraction of sp³-hybridized carbons (Fsp3) is 0.500. The standard InChI is InChI=1S/C10H16N2O/c1-7(2)13-10-6-9(8(3)11)4-5-12-10/h4-8H,11H2,1-3H3/t8-/m0/s1. The molecule has 72 valence electrons. The lowest BCUT2D eigenvalue weighted by atomic mass is 10.1. The number of hydrogen-bond donors (Lipinski definition) is 1. The van der Waals surface area contributed by atoms with Crippen molar-refractivity contribution in [2.75, 3.05) is 0 Å². The Morgan fingerprint density at radius 3 is 2.62 bits per heavy atom. The van der Waals surface area contributed by atoms with Gasteiger partial charge in [0.1, 0.15) is 0 Å². The number of ether oxygens (including phenoxy) is 1. The first kappa shape index (κ1) is 9.99. The van der Waals surface area contributed by atoms with Crippen molar-refractivity contribution in [3.05, 3.63) is 23.9 Å². The second-order valence-corrected chi connectivity index (χ2v) is 3.38. The predicted octanol–water partition coefficient (Wildman–Crippen LogP) is 1.89. The van der Waals surface area contributed by atoms with Crippen molar-refractivity contribution in [2.45, 2.75) is 32.9 Å². The van der Waals surface area contributed by atoms with Gasteiger partial charge in [0, 0.05) is 18.3 Å². The van der Waals surface area contributed by atoms with Crippen LogP contribution in [0.3, 0.4) is 0 Å². The first-order chi connectivity index (χ1) is 6.09. The van der Waals surface area contributed by atoms with Crippen LogP contribution in [-0.4, -0.2) is 11.1 Å². The molecule has 0 unspecified atom stereocenters. The summed E-state index contributed by atoms with van der Waals surface area (Å²) in [6, 6.07) is 3.81. The molecule has 0 amide bonds. The quantitative estimate of drug-likeness (QED) is 0.772. The molecule has 1 heterocycles. The van der Waals surface area contributed by atoms with Crippen LogP contribution in [0.2, 0.25) is 0 Å². The van der Waals surface area contributed by atoms with Crippen LogP contribution < -0.4 is 10.5 Å². The molecule has 1 aromatic heterocycles. The third-order valence-corrected chi connectivity index (χ3v) is 1.64. The Bertz CT molecular complexity index is 271. The van der Waals surface area contributed by atoms with Crippen LogP contribution in [0, 0.1) is 0 Å². The maximum atomic E-state index is 5.73. The SMILES string of the molecule is CC(C)Oc1cc([C@H](C)N)ccn1. The molecule has 1 atom stereocenters. The second kappa shape index (κ2) is 4.23. The number of hydrogen-bond acceptors (Lipinski definition) is 3. The number of aromatic nitrogens is 1. The van der Waals surface area contributed by atoms with E-state index in [9.17, 15) is 0 Å². The topological polar surface area (TPSA) is 48.1 Å². The van der Waals surface area contributed by atoms with Crippen LogP contribution in [0.25, 0.3) is 0 Å². The van der Waals surface area contributed by atoms with Crippen LogP contribution >= 0.6 is 0 Å². The van der Waals surface area contributed by atoms with E-state index in [1.54, 1.807) is 6.20 Å². The van der Waals surface area contributed by atoms with Crippen molar-refractivity contribution >= 4 is 0 Å². The molecule has 2 N–H and O–H groups in total. The van der Waals surface area contributed by atoms with E-state index >= 15 is 0 Å². The number of rotatable bonds is 3.